The summed E-state index contributed by atoms with van der Waals surface area (Å²) < 4.78 is 5.38. The van der Waals surface area contributed by atoms with Gasteiger partial charge in [0.05, 0.1) is 5.69 Å². The van der Waals surface area contributed by atoms with Crippen LogP contribution in [0, 0.1) is 0 Å². The molecule has 1 aromatic heterocycles. The SMILES string of the molecule is COC(C)c1nc(C2CC2)c(CNC(C)(C)C)s1. The van der Waals surface area contributed by atoms with Crippen LogP contribution in [0.4, 0.5) is 0 Å². The summed E-state index contributed by atoms with van der Waals surface area (Å²) in [6.07, 6.45) is 2.70. The molecule has 2 rings (SSSR count). The van der Waals surface area contributed by atoms with Gasteiger partial charge in [-0.2, -0.15) is 0 Å². The van der Waals surface area contributed by atoms with Crippen molar-refractivity contribution in [2.45, 2.75) is 64.6 Å². The van der Waals surface area contributed by atoms with Gasteiger partial charge in [0, 0.05) is 30.0 Å². The van der Waals surface area contributed by atoms with Gasteiger partial charge in [-0.1, -0.05) is 0 Å². The minimum Gasteiger partial charge on any atom is -0.375 e. The zero-order chi connectivity index (χ0) is 13.3. The number of ether oxygens (including phenoxy) is 1. The molecule has 3 nitrogen and oxygen atoms in total. The molecule has 1 aromatic rings. The van der Waals surface area contributed by atoms with Crippen LogP contribution in [0.1, 0.15) is 68.1 Å². The summed E-state index contributed by atoms with van der Waals surface area (Å²) in [6, 6.07) is 0. The van der Waals surface area contributed by atoms with Crippen molar-refractivity contribution in [3.8, 4) is 0 Å². The van der Waals surface area contributed by atoms with E-state index in [0.717, 1.165) is 11.6 Å². The van der Waals surface area contributed by atoms with Gasteiger partial charge in [-0.25, -0.2) is 4.98 Å². The Bertz CT molecular complexity index is 404. The Balaban J connectivity index is 2.14. The van der Waals surface area contributed by atoms with Crippen molar-refractivity contribution in [3.05, 3.63) is 15.6 Å². The summed E-state index contributed by atoms with van der Waals surface area (Å²) in [5.41, 5.74) is 1.47. The number of hydrogen-bond acceptors (Lipinski definition) is 4. The fourth-order valence-electron chi connectivity index (χ4n) is 1.80. The van der Waals surface area contributed by atoms with E-state index in [1.165, 1.54) is 23.4 Å². The molecule has 1 atom stereocenters. The predicted molar refractivity (Wildman–Crippen MR) is 76.1 cm³/mol. The number of methoxy groups -OCH3 is 1. The lowest BCUT2D eigenvalue weighted by atomic mass is 10.1. The molecule has 1 fully saturated rings. The van der Waals surface area contributed by atoms with Gasteiger partial charge in [-0.3, -0.25) is 0 Å². The van der Waals surface area contributed by atoms with E-state index in [0.29, 0.717) is 5.92 Å². The van der Waals surface area contributed by atoms with Crippen molar-refractivity contribution in [2.75, 3.05) is 7.11 Å². The van der Waals surface area contributed by atoms with Gasteiger partial charge in [-0.05, 0) is 40.5 Å². The molecule has 1 aliphatic carbocycles. The maximum atomic E-state index is 5.38. The minimum atomic E-state index is 0.107. The number of aromatic nitrogens is 1. The van der Waals surface area contributed by atoms with Gasteiger partial charge < -0.3 is 10.1 Å². The van der Waals surface area contributed by atoms with E-state index in [2.05, 4.69) is 33.0 Å². The first-order chi connectivity index (χ1) is 8.40. The van der Waals surface area contributed by atoms with Crippen LogP contribution in [0.3, 0.4) is 0 Å². The number of nitrogens with one attached hydrogen (secondary N) is 1. The lowest BCUT2D eigenvalue weighted by Crippen LogP contribution is -2.35. The van der Waals surface area contributed by atoms with Crippen molar-refractivity contribution in [1.29, 1.82) is 0 Å². The highest BCUT2D eigenvalue weighted by molar-refractivity contribution is 7.11. The highest BCUT2D eigenvalue weighted by atomic mass is 32.1. The zero-order valence-electron chi connectivity index (χ0n) is 12.0. The van der Waals surface area contributed by atoms with Gasteiger partial charge in [0.2, 0.25) is 0 Å². The molecule has 0 aromatic carbocycles. The third-order valence-electron chi connectivity index (χ3n) is 3.19. The largest absolute Gasteiger partial charge is 0.375 e. The molecule has 0 amide bonds. The number of hydrogen-bond donors (Lipinski definition) is 1. The van der Waals surface area contributed by atoms with Crippen LogP contribution in [0.25, 0.3) is 0 Å². The summed E-state index contributed by atoms with van der Waals surface area (Å²) in [5, 5.41) is 4.68. The standard InChI is InChI=1S/C14H24N2OS/c1-9(17-5)13-16-12(10-6-7-10)11(18-13)8-15-14(2,3)4/h9-10,15H,6-8H2,1-5H3. The van der Waals surface area contributed by atoms with Crippen molar-refractivity contribution >= 4 is 11.3 Å². The molecular formula is C14H24N2OS. The summed E-state index contributed by atoms with van der Waals surface area (Å²) in [5.74, 6) is 0.704. The molecule has 0 bridgehead atoms. The van der Waals surface area contributed by atoms with Crippen LogP contribution in [0.15, 0.2) is 0 Å². The van der Waals surface area contributed by atoms with Gasteiger partial charge in [0.25, 0.3) is 0 Å². The second-order valence-electron chi connectivity index (χ2n) is 6.12. The summed E-state index contributed by atoms with van der Waals surface area (Å²) in [4.78, 5) is 6.19. The predicted octanol–water partition coefficient (Wildman–Crippen LogP) is 3.62. The van der Waals surface area contributed by atoms with Crippen LogP contribution in [-0.4, -0.2) is 17.6 Å². The third-order valence-corrected chi connectivity index (χ3v) is 4.42. The molecule has 1 unspecified atom stereocenters. The van der Waals surface area contributed by atoms with Crippen LogP contribution in [0.2, 0.25) is 0 Å². The van der Waals surface area contributed by atoms with E-state index in [-0.39, 0.29) is 11.6 Å². The van der Waals surface area contributed by atoms with Gasteiger partial charge in [0.1, 0.15) is 11.1 Å². The van der Waals surface area contributed by atoms with Crippen molar-refractivity contribution in [3.63, 3.8) is 0 Å². The Kier molecular flexibility index (Phi) is 4.09. The van der Waals surface area contributed by atoms with Crippen molar-refractivity contribution in [1.82, 2.24) is 10.3 Å². The highest BCUT2D eigenvalue weighted by Gasteiger charge is 2.30. The quantitative estimate of drug-likeness (QED) is 0.885. The van der Waals surface area contributed by atoms with E-state index in [9.17, 15) is 0 Å². The summed E-state index contributed by atoms with van der Waals surface area (Å²) in [6.45, 7) is 9.58. The summed E-state index contributed by atoms with van der Waals surface area (Å²) >= 11 is 1.80. The summed E-state index contributed by atoms with van der Waals surface area (Å²) in [7, 11) is 1.75. The number of nitrogens with zero attached hydrogens (tertiary/aromatic N) is 1. The molecule has 0 spiro atoms. The van der Waals surface area contributed by atoms with E-state index >= 15 is 0 Å². The highest BCUT2D eigenvalue weighted by Crippen LogP contribution is 2.43. The van der Waals surface area contributed by atoms with E-state index in [1.807, 2.05) is 0 Å². The molecule has 1 N–H and O–H groups in total. The lowest BCUT2D eigenvalue weighted by Gasteiger charge is -2.20. The van der Waals surface area contributed by atoms with Crippen LogP contribution in [-0.2, 0) is 11.3 Å². The Morgan fingerprint density at radius 2 is 2.11 bits per heavy atom. The lowest BCUT2D eigenvalue weighted by molar-refractivity contribution is 0.119. The molecule has 0 aliphatic heterocycles. The fraction of sp³-hybridized carbons (Fsp3) is 0.786. The second kappa shape index (κ2) is 5.27. The maximum absolute atomic E-state index is 5.38. The smallest absolute Gasteiger partial charge is 0.122 e. The molecular weight excluding hydrogens is 244 g/mol. The maximum Gasteiger partial charge on any atom is 0.122 e. The molecule has 0 radical (unpaired) electrons. The molecule has 1 aliphatic rings. The zero-order valence-corrected chi connectivity index (χ0v) is 12.9. The third kappa shape index (κ3) is 3.53. The first kappa shape index (κ1) is 14.0. The normalized spacial score (nSPS) is 18.1. The van der Waals surface area contributed by atoms with Crippen LogP contribution < -0.4 is 5.32 Å². The van der Waals surface area contributed by atoms with Crippen LogP contribution >= 0.6 is 11.3 Å². The molecule has 18 heavy (non-hydrogen) atoms. The van der Waals surface area contributed by atoms with E-state index in [4.69, 9.17) is 9.72 Å². The molecule has 1 saturated carbocycles. The Hall–Kier alpha value is -0.450. The first-order valence-corrected chi connectivity index (χ1v) is 7.49. The Morgan fingerprint density at radius 1 is 1.44 bits per heavy atom. The Labute approximate surface area is 114 Å². The number of rotatable bonds is 5. The van der Waals surface area contributed by atoms with Gasteiger partial charge in [-0.15, -0.1) is 11.3 Å². The topological polar surface area (TPSA) is 34.1 Å². The van der Waals surface area contributed by atoms with E-state index < -0.39 is 0 Å². The van der Waals surface area contributed by atoms with Gasteiger partial charge >= 0.3 is 0 Å². The van der Waals surface area contributed by atoms with Crippen molar-refractivity contribution < 1.29 is 4.74 Å². The molecule has 0 saturated heterocycles. The average Bonchev–Trinajstić information content (AvgIpc) is 3.05. The second-order valence-corrected chi connectivity index (χ2v) is 7.23. The van der Waals surface area contributed by atoms with Crippen LogP contribution in [0.5, 0.6) is 0 Å². The Morgan fingerprint density at radius 3 is 2.61 bits per heavy atom. The minimum absolute atomic E-state index is 0.107. The van der Waals surface area contributed by atoms with Crippen molar-refractivity contribution in [2.24, 2.45) is 0 Å². The molecule has 1 heterocycles. The van der Waals surface area contributed by atoms with E-state index in [1.54, 1.807) is 18.4 Å². The first-order valence-electron chi connectivity index (χ1n) is 6.68. The molecule has 102 valence electrons. The fourth-order valence-corrected chi connectivity index (χ4v) is 2.92. The average molecular weight is 268 g/mol. The molecule has 4 heteroatoms. The van der Waals surface area contributed by atoms with Gasteiger partial charge in [0.15, 0.2) is 0 Å². The monoisotopic (exact) mass is 268 g/mol. The number of thiazole rings is 1.